The predicted octanol–water partition coefficient (Wildman–Crippen LogP) is 4.26. The van der Waals surface area contributed by atoms with Crippen molar-refractivity contribution in [1.82, 2.24) is 9.88 Å². The quantitative estimate of drug-likeness (QED) is 0.524. The molecule has 1 fully saturated rings. The Morgan fingerprint density at radius 1 is 1.33 bits per heavy atom. The molecular weight excluding hydrogens is 553 g/mol. The van der Waals surface area contributed by atoms with Gasteiger partial charge in [0.25, 0.3) is 5.91 Å². The highest BCUT2D eigenvalue weighted by atomic mass is 79.9. The number of alkyl halides is 3. The van der Waals surface area contributed by atoms with E-state index in [0.717, 1.165) is 22.2 Å². The third-order valence-corrected chi connectivity index (χ3v) is 6.87. The van der Waals surface area contributed by atoms with E-state index in [4.69, 9.17) is 17.5 Å². The number of hydrogen-bond donors (Lipinski definition) is 1. The van der Waals surface area contributed by atoms with Gasteiger partial charge in [-0.2, -0.15) is 18.4 Å². The summed E-state index contributed by atoms with van der Waals surface area (Å²) in [5.41, 5.74) is -0.628. The van der Waals surface area contributed by atoms with Crippen LogP contribution in [0.15, 0.2) is 27.3 Å². The van der Waals surface area contributed by atoms with Gasteiger partial charge in [-0.3, -0.25) is 9.69 Å². The molecule has 30 heavy (non-hydrogen) atoms. The highest BCUT2D eigenvalue weighted by Crippen LogP contribution is 2.43. The largest absolute Gasteiger partial charge is 0.506 e. The summed E-state index contributed by atoms with van der Waals surface area (Å²) < 4.78 is 40.9. The number of carbonyl (C=O) groups excluding carboxylic acids is 1. The van der Waals surface area contributed by atoms with Crippen LogP contribution in [0, 0.1) is 11.3 Å². The highest BCUT2D eigenvalue weighted by Gasteiger charge is 2.47. The summed E-state index contributed by atoms with van der Waals surface area (Å²) in [6, 6.07) is 3.13. The Bertz CT molecular complexity index is 1170. The molecule has 0 saturated carbocycles. The maximum Gasteiger partial charge on any atom is 0.419 e. The van der Waals surface area contributed by atoms with Crippen LogP contribution in [0.25, 0.3) is 0 Å². The molecule has 1 amide bonds. The number of nitrogens with zero attached hydrogens (tertiary/aromatic N) is 4. The van der Waals surface area contributed by atoms with Crippen molar-refractivity contribution in [1.29, 1.82) is 5.26 Å². The zero-order chi connectivity index (χ0) is 22.0. The predicted molar refractivity (Wildman–Crippen MR) is 111 cm³/mol. The molecule has 1 aromatic heterocycles. The first-order valence-electron chi connectivity index (χ1n) is 8.35. The van der Waals surface area contributed by atoms with E-state index in [9.17, 15) is 23.1 Å². The van der Waals surface area contributed by atoms with Crippen molar-refractivity contribution in [3.63, 3.8) is 0 Å². The number of carbonyl (C=O) groups is 1. The summed E-state index contributed by atoms with van der Waals surface area (Å²) in [4.78, 5) is 19.2. The number of phenolic OH excluding ortho intramolecular Hbond substituents is 1. The fourth-order valence-corrected chi connectivity index (χ4v) is 5.28. The van der Waals surface area contributed by atoms with Gasteiger partial charge in [0.1, 0.15) is 17.9 Å². The molecule has 4 rings (SSSR count). The van der Waals surface area contributed by atoms with Gasteiger partial charge in [-0.15, -0.1) is 0 Å². The van der Waals surface area contributed by atoms with Crippen molar-refractivity contribution < 1.29 is 23.1 Å². The van der Waals surface area contributed by atoms with Gasteiger partial charge < -0.3 is 10.0 Å². The number of anilines is 1. The molecule has 1 atom stereocenters. The highest BCUT2D eigenvalue weighted by molar-refractivity contribution is 9.11. The summed E-state index contributed by atoms with van der Waals surface area (Å²) >= 11 is 12.0. The zero-order valence-corrected chi connectivity index (χ0v) is 18.7. The van der Waals surface area contributed by atoms with E-state index < -0.39 is 29.4 Å². The van der Waals surface area contributed by atoms with Crippen LogP contribution in [0.3, 0.4) is 0 Å². The van der Waals surface area contributed by atoms with E-state index in [1.54, 1.807) is 11.0 Å². The molecule has 6 nitrogen and oxygen atoms in total. The lowest BCUT2D eigenvalue weighted by atomic mass is 9.94. The number of hydrogen-bond acceptors (Lipinski definition) is 5. The molecule has 1 unspecified atom stereocenters. The van der Waals surface area contributed by atoms with Gasteiger partial charge in [-0.05, 0) is 67.3 Å². The van der Waals surface area contributed by atoms with Crippen LogP contribution in [0.5, 0.6) is 5.75 Å². The Hall–Kier alpha value is -2.23. The lowest BCUT2D eigenvalue weighted by Gasteiger charge is -2.31. The molecule has 0 aliphatic carbocycles. The second kappa shape index (κ2) is 7.18. The van der Waals surface area contributed by atoms with Crippen LogP contribution in [0.2, 0.25) is 0 Å². The number of benzene rings is 1. The van der Waals surface area contributed by atoms with Gasteiger partial charge in [-0.25, -0.2) is 4.98 Å². The van der Waals surface area contributed by atoms with E-state index in [-0.39, 0.29) is 29.5 Å². The van der Waals surface area contributed by atoms with E-state index in [0.29, 0.717) is 15.0 Å². The number of thiocarbonyl (C=S) groups is 1. The topological polar surface area (TPSA) is 80.5 Å². The number of nitriles is 1. The minimum Gasteiger partial charge on any atom is -0.506 e. The van der Waals surface area contributed by atoms with Crippen molar-refractivity contribution in [3.8, 4) is 11.8 Å². The molecule has 1 aromatic carbocycles. The molecular formula is C18H9Br2F3N4O2S. The van der Waals surface area contributed by atoms with Crippen LogP contribution in [-0.4, -0.2) is 32.1 Å². The Balaban J connectivity index is 1.75. The second-order valence-electron chi connectivity index (χ2n) is 6.66. The van der Waals surface area contributed by atoms with Crippen molar-refractivity contribution in [2.45, 2.75) is 25.2 Å². The molecule has 1 N–H and O–H groups in total. The Kier molecular flexibility index (Phi) is 5.03. The van der Waals surface area contributed by atoms with Gasteiger partial charge in [0.05, 0.1) is 26.4 Å². The van der Waals surface area contributed by atoms with Crippen LogP contribution < -0.4 is 4.90 Å². The number of aromatic nitrogens is 1. The standard InChI is InChI=1S/C18H9Br2F3N4O2S/c19-11-1-7-2-13-16(29)27(17(30)26(13)6-9(7)14(20)15(11)28)8-3-10(18(21,22)23)12(4-24)25-5-8/h1,3,5,13,28H,2,6H2. The van der Waals surface area contributed by atoms with Crippen LogP contribution >= 0.6 is 44.1 Å². The van der Waals surface area contributed by atoms with Gasteiger partial charge in [0.15, 0.2) is 10.8 Å². The number of fused-ring (bicyclic) bond motifs is 2. The Morgan fingerprint density at radius 2 is 2.03 bits per heavy atom. The third kappa shape index (κ3) is 3.16. The summed E-state index contributed by atoms with van der Waals surface area (Å²) in [6.45, 7) is 0.193. The fourth-order valence-electron chi connectivity index (χ4n) is 3.56. The molecule has 2 aliphatic heterocycles. The van der Waals surface area contributed by atoms with Crippen LogP contribution in [-0.2, 0) is 23.9 Å². The molecule has 0 bridgehead atoms. The lowest BCUT2D eigenvalue weighted by Crippen LogP contribution is -2.40. The van der Waals surface area contributed by atoms with Crippen molar-refractivity contribution in [2.75, 3.05) is 4.90 Å². The summed E-state index contributed by atoms with van der Waals surface area (Å²) in [6.07, 6.45) is -3.52. The van der Waals surface area contributed by atoms with E-state index in [1.165, 1.54) is 6.07 Å². The van der Waals surface area contributed by atoms with Crippen molar-refractivity contribution in [3.05, 3.63) is 49.7 Å². The van der Waals surface area contributed by atoms with E-state index in [1.807, 2.05) is 0 Å². The zero-order valence-electron chi connectivity index (χ0n) is 14.7. The number of halogens is 5. The molecule has 1 saturated heterocycles. The minimum atomic E-state index is -4.81. The molecule has 3 heterocycles. The minimum absolute atomic E-state index is 0.00612. The first kappa shape index (κ1) is 21.0. The van der Waals surface area contributed by atoms with Crippen molar-refractivity contribution in [2.24, 2.45) is 0 Å². The molecule has 154 valence electrons. The first-order valence-corrected chi connectivity index (χ1v) is 10.3. The number of phenols is 1. The van der Waals surface area contributed by atoms with E-state index >= 15 is 0 Å². The molecule has 0 spiro atoms. The average Bonchev–Trinajstić information content (AvgIpc) is 2.94. The van der Waals surface area contributed by atoms with Crippen LogP contribution in [0.4, 0.5) is 18.9 Å². The van der Waals surface area contributed by atoms with Gasteiger partial charge in [-0.1, -0.05) is 0 Å². The van der Waals surface area contributed by atoms with Crippen LogP contribution in [0.1, 0.15) is 22.4 Å². The molecule has 2 aliphatic rings. The Labute approximate surface area is 190 Å². The second-order valence-corrected chi connectivity index (χ2v) is 8.67. The molecule has 12 heteroatoms. The third-order valence-electron chi connectivity index (χ3n) is 4.99. The summed E-state index contributed by atoms with van der Waals surface area (Å²) in [7, 11) is 0. The van der Waals surface area contributed by atoms with Gasteiger partial charge in [0, 0.05) is 13.0 Å². The molecule has 2 aromatic rings. The average molecular weight is 562 g/mol. The Morgan fingerprint density at radius 3 is 2.67 bits per heavy atom. The smallest absolute Gasteiger partial charge is 0.419 e. The maximum atomic E-state index is 13.3. The number of rotatable bonds is 1. The monoisotopic (exact) mass is 560 g/mol. The maximum absolute atomic E-state index is 13.3. The normalized spacial score (nSPS) is 18.3. The summed E-state index contributed by atoms with van der Waals surface area (Å²) in [5, 5.41) is 19.1. The number of pyridine rings is 1. The lowest BCUT2D eigenvalue weighted by molar-refractivity contribution is -0.138. The fraction of sp³-hybridized carbons (Fsp3) is 0.222. The SMILES string of the molecule is N#Cc1ncc(N2C(=O)C3Cc4cc(Br)c(O)c(Br)c4CN3C2=S)cc1C(F)(F)F. The summed E-state index contributed by atoms with van der Waals surface area (Å²) in [5.74, 6) is -0.475. The van der Waals surface area contributed by atoms with Gasteiger partial charge in [0.2, 0.25) is 0 Å². The number of aromatic hydroxyl groups is 1. The molecule has 0 radical (unpaired) electrons. The first-order chi connectivity index (χ1) is 14.0. The van der Waals surface area contributed by atoms with Crippen molar-refractivity contribution >= 4 is 60.8 Å². The number of amides is 1. The van der Waals surface area contributed by atoms with Gasteiger partial charge >= 0.3 is 6.18 Å². The van der Waals surface area contributed by atoms with E-state index in [2.05, 4.69) is 36.8 Å².